The van der Waals surface area contributed by atoms with Crippen LogP contribution in [0.4, 0.5) is 5.13 Å². The number of thiazole rings is 1. The number of aromatic nitrogens is 1. The molecule has 0 atom stereocenters. The van der Waals surface area contributed by atoms with Crippen LogP contribution in [0.2, 0.25) is 0 Å². The van der Waals surface area contributed by atoms with Crippen LogP contribution in [0.15, 0.2) is 24.3 Å². The van der Waals surface area contributed by atoms with Gasteiger partial charge in [0.2, 0.25) is 5.91 Å². The van der Waals surface area contributed by atoms with Crippen LogP contribution >= 0.6 is 11.3 Å². The summed E-state index contributed by atoms with van der Waals surface area (Å²) in [4.78, 5) is 33.8. The summed E-state index contributed by atoms with van der Waals surface area (Å²) in [6.07, 6.45) is 0.806. The predicted molar refractivity (Wildman–Crippen MR) is 111 cm³/mol. The number of nitrogens with zero attached hydrogens (tertiary/aromatic N) is 2. The summed E-state index contributed by atoms with van der Waals surface area (Å²) < 4.78 is 5.21. The van der Waals surface area contributed by atoms with Gasteiger partial charge in [-0.15, -0.1) is 11.3 Å². The second-order valence-corrected chi connectivity index (χ2v) is 8.18. The summed E-state index contributed by atoms with van der Waals surface area (Å²) >= 11 is 1.43. The van der Waals surface area contributed by atoms with Crippen molar-refractivity contribution in [3.05, 3.63) is 40.4 Å². The highest BCUT2D eigenvalue weighted by atomic mass is 32.1. The summed E-state index contributed by atoms with van der Waals surface area (Å²) in [5.74, 6) is 0.179. The van der Waals surface area contributed by atoms with Crippen molar-refractivity contribution in [2.75, 3.05) is 46.2 Å². The average Bonchev–Trinajstić information content (AvgIpc) is 2.97. The molecule has 0 aliphatic heterocycles. The van der Waals surface area contributed by atoms with Gasteiger partial charge >= 0.3 is 0 Å². The Morgan fingerprint density at radius 2 is 2.04 bits per heavy atom. The molecule has 1 aromatic carbocycles. The lowest BCUT2D eigenvalue weighted by Gasteiger charge is -2.22. The van der Waals surface area contributed by atoms with Crippen molar-refractivity contribution in [2.24, 2.45) is 0 Å². The Bertz CT molecular complexity index is 800. The first kappa shape index (κ1) is 21.8. The molecule has 7 nitrogen and oxygen atoms in total. The van der Waals surface area contributed by atoms with Gasteiger partial charge in [0.05, 0.1) is 33.4 Å². The highest BCUT2D eigenvalue weighted by Gasteiger charge is 2.20. The van der Waals surface area contributed by atoms with Gasteiger partial charge in [0.1, 0.15) is 12.3 Å². The number of benzene rings is 1. The third kappa shape index (κ3) is 6.31. The van der Waals surface area contributed by atoms with E-state index in [1.54, 1.807) is 36.3 Å². The van der Waals surface area contributed by atoms with Crippen molar-refractivity contribution in [3.8, 4) is 5.75 Å². The first-order chi connectivity index (χ1) is 13.3. The first-order valence-electron chi connectivity index (χ1n) is 9.26. The van der Waals surface area contributed by atoms with E-state index in [9.17, 15) is 9.59 Å². The lowest BCUT2D eigenvalue weighted by molar-refractivity contribution is -0.858. The average molecular weight is 406 g/mol. The number of ether oxygens (including phenoxy) is 1. The van der Waals surface area contributed by atoms with Crippen LogP contribution in [-0.4, -0.2) is 62.5 Å². The molecule has 1 heterocycles. The molecule has 8 heteroatoms. The number of hydrogen-bond acceptors (Lipinski definition) is 5. The minimum Gasteiger partial charge on any atom is -0.497 e. The number of hydrogen-bond donors (Lipinski definition) is 2. The number of rotatable bonds is 9. The smallest absolute Gasteiger partial charge is 0.254 e. The summed E-state index contributed by atoms with van der Waals surface area (Å²) in [7, 11) is 5.69. The van der Waals surface area contributed by atoms with Gasteiger partial charge in [0.15, 0.2) is 5.13 Å². The maximum absolute atomic E-state index is 13.0. The van der Waals surface area contributed by atoms with E-state index in [1.165, 1.54) is 16.2 Å². The van der Waals surface area contributed by atoms with Crippen molar-refractivity contribution in [1.29, 1.82) is 0 Å². The number of amides is 2. The molecule has 28 heavy (non-hydrogen) atoms. The maximum atomic E-state index is 13.0. The molecule has 2 rings (SSSR count). The van der Waals surface area contributed by atoms with Gasteiger partial charge in [0, 0.05) is 23.4 Å². The van der Waals surface area contributed by atoms with Gasteiger partial charge in [-0.2, -0.15) is 0 Å². The number of methoxy groups -OCH3 is 1. The zero-order valence-corrected chi connectivity index (χ0v) is 18.0. The standard InChI is InChI=1S/C20H28N4O3S/c1-14-15(2)28-20(21-14)22-18(25)13-24(11-7-10-23(3)4)19(26)16-8-6-9-17(12-16)27-5/h6,8-9,12H,7,10-11,13H2,1-5H3,(H,21,22,25)/p+1. The predicted octanol–water partition coefficient (Wildman–Crippen LogP) is 1.38. The second kappa shape index (κ2) is 10.2. The zero-order valence-electron chi connectivity index (χ0n) is 17.2. The largest absolute Gasteiger partial charge is 0.497 e. The molecule has 2 aromatic rings. The molecule has 0 saturated carbocycles. The summed E-state index contributed by atoms with van der Waals surface area (Å²) in [6, 6.07) is 6.99. The highest BCUT2D eigenvalue weighted by Crippen LogP contribution is 2.21. The number of aryl methyl sites for hydroxylation is 2. The molecular formula is C20H29N4O3S+. The minimum absolute atomic E-state index is 0.0174. The molecule has 0 radical (unpaired) electrons. The minimum atomic E-state index is -0.248. The summed E-state index contributed by atoms with van der Waals surface area (Å²) in [5.41, 5.74) is 1.41. The lowest BCUT2D eigenvalue weighted by atomic mass is 10.1. The van der Waals surface area contributed by atoms with Crippen LogP contribution in [0, 0.1) is 13.8 Å². The molecule has 0 spiro atoms. The Kier molecular flexibility index (Phi) is 7.95. The normalized spacial score (nSPS) is 10.8. The second-order valence-electron chi connectivity index (χ2n) is 6.98. The van der Waals surface area contributed by atoms with Crippen molar-refractivity contribution in [3.63, 3.8) is 0 Å². The highest BCUT2D eigenvalue weighted by molar-refractivity contribution is 7.15. The Hall–Kier alpha value is -2.45. The fourth-order valence-electron chi connectivity index (χ4n) is 2.67. The van der Waals surface area contributed by atoms with Crippen molar-refractivity contribution >= 4 is 28.3 Å². The van der Waals surface area contributed by atoms with E-state index in [0.29, 0.717) is 23.0 Å². The van der Waals surface area contributed by atoms with Crippen LogP contribution in [0.5, 0.6) is 5.75 Å². The van der Waals surface area contributed by atoms with Gasteiger partial charge < -0.3 is 19.9 Å². The molecule has 0 aliphatic rings. The fourth-order valence-corrected chi connectivity index (χ4v) is 3.50. The summed E-state index contributed by atoms with van der Waals surface area (Å²) in [5, 5.41) is 3.37. The molecule has 0 unspecified atom stereocenters. The van der Waals surface area contributed by atoms with E-state index in [1.807, 2.05) is 13.8 Å². The van der Waals surface area contributed by atoms with E-state index in [2.05, 4.69) is 24.4 Å². The Morgan fingerprint density at radius 1 is 1.29 bits per heavy atom. The molecule has 1 aromatic heterocycles. The maximum Gasteiger partial charge on any atom is 0.254 e. The summed E-state index contributed by atoms with van der Waals surface area (Å²) in [6.45, 7) is 5.27. The van der Waals surface area contributed by atoms with Gasteiger partial charge in [-0.1, -0.05) is 6.07 Å². The molecule has 0 bridgehead atoms. The monoisotopic (exact) mass is 405 g/mol. The molecular weight excluding hydrogens is 376 g/mol. The van der Waals surface area contributed by atoms with E-state index >= 15 is 0 Å². The van der Waals surface area contributed by atoms with E-state index < -0.39 is 0 Å². The molecule has 0 aliphatic carbocycles. The number of carbonyl (C=O) groups is 2. The first-order valence-corrected chi connectivity index (χ1v) is 10.1. The quantitative estimate of drug-likeness (QED) is 0.661. The third-order valence-corrected chi connectivity index (χ3v) is 5.31. The van der Waals surface area contributed by atoms with Crippen molar-refractivity contribution in [1.82, 2.24) is 9.88 Å². The SMILES string of the molecule is COc1cccc(C(=O)N(CCC[NH+](C)C)CC(=O)Nc2nc(C)c(C)s2)c1. The lowest BCUT2D eigenvalue weighted by Crippen LogP contribution is -3.05. The fraction of sp³-hybridized carbons (Fsp3) is 0.450. The van der Waals surface area contributed by atoms with Crippen LogP contribution in [0.1, 0.15) is 27.3 Å². The Morgan fingerprint density at radius 3 is 2.64 bits per heavy atom. The van der Waals surface area contributed by atoms with Crippen LogP contribution in [-0.2, 0) is 4.79 Å². The van der Waals surface area contributed by atoms with E-state index in [-0.39, 0.29) is 18.4 Å². The zero-order chi connectivity index (χ0) is 20.7. The van der Waals surface area contributed by atoms with E-state index in [0.717, 1.165) is 23.5 Å². The third-order valence-electron chi connectivity index (χ3n) is 4.32. The van der Waals surface area contributed by atoms with Gasteiger partial charge in [-0.05, 0) is 32.0 Å². The Labute approximate surface area is 170 Å². The molecule has 0 saturated heterocycles. The molecule has 2 N–H and O–H groups in total. The van der Waals surface area contributed by atoms with Gasteiger partial charge in [-0.25, -0.2) is 4.98 Å². The van der Waals surface area contributed by atoms with Crippen molar-refractivity contribution < 1.29 is 19.2 Å². The van der Waals surface area contributed by atoms with Crippen LogP contribution < -0.4 is 15.0 Å². The molecule has 152 valence electrons. The topological polar surface area (TPSA) is 76.0 Å². The molecule has 2 amide bonds. The van der Waals surface area contributed by atoms with E-state index in [4.69, 9.17) is 4.74 Å². The molecule has 0 fully saturated rings. The number of quaternary nitrogens is 1. The number of carbonyl (C=O) groups excluding carboxylic acids is 2. The van der Waals surface area contributed by atoms with Gasteiger partial charge in [0.25, 0.3) is 5.91 Å². The van der Waals surface area contributed by atoms with Gasteiger partial charge in [-0.3, -0.25) is 9.59 Å². The number of nitrogens with one attached hydrogen (secondary N) is 2. The van der Waals surface area contributed by atoms with Crippen molar-refractivity contribution in [2.45, 2.75) is 20.3 Å². The Balaban J connectivity index is 2.10. The van der Waals surface area contributed by atoms with Crippen LogP contribution in [0.3, 0.4) is 0 Å². The van der Waals surface area contributed by atoms with Crippen LogP contribution in [0.25, 0.3) is 0 Å². The number of anilines is 1.